The molecular weight excluding hydrogens is 310 g/mol. The summed E-state index contributed by atoms with van der Waals surface area (Å²) < 4.78 is 5.34. The molecule has 1 heterocycles. The SMILES string of the molecule is CON(C)C(=O)CCN1CCN(C(=O)OCc2ccccc2)CC1. The van der Waals surface area contributed by atoms with Crippen LogP contribution in [0.1, 0.15) is 12.0 Å². The van der Waals surface area contributed by atoms with Crippen LogP contribution in [-0.4, -0.2) is 73.7 Å². The van der Waals surface area contributed by atoms with E-state index in [1.807, 2.05) is 30.3 Å². The predicted molar refractivity (Wildman–Crippen MR) is 89.0 cm³/mol. The van der Waals surface area contributed by atoms with Crippen LogP contribution < -0.4 is 0 Å². The summed E-state index contributed by atoms with van der Waals surface area (Å²) in [5, 5.41) is 1.23. The summed E-state index contributed by atoms with van der Waals surface area (Å²) in [6.07, 6.45) is 0.122. The Balaban J connectivity index is 1.66. The Labute approximate surface area is 142 Å². The van der Waals surface area contributed by atoms with Crippen molar-refractivity contribution in [1.29, 1.82) is 0 Å². The van der Waals surface area contributed by atoms with Gasteiger partial charge in [0.1, 0.15) is 6.61 Å². The van der Waals surface area contributed by atoms with Crippen LogP contribution >= 0.6 is 0 Å². The van der Waals surface area contributed by atoms with Crippen LogP contribution in [0.2, 0.25) is 0 Å². The molecule has 1 aliphatic rings. The van der Waals surface area contributed by atoms with Crippen LogP contribution in [0.15, 0.2) is 30.3 Å². The fourth-order valence-electron chi connectivity index (χ4n) is 2.48. The summed E-state index contributed by atoms with van der Waals surface area (Å²) in [6.45, 7) is 3.66. The summed E-state index contributed by atoms with van der Waals surface area (Å²) in [5.41, 5.74) is 0.977. The third-order valence-corrected chi connectivity index (χ3v) is 4.10. The number of hydrogen-bond acceptors (Lipinski definition) is 5. The van der Waals surface area contributed by atoms with Crippen molar-refractivity contribution in [2.75, 3.05) is 46.9 Å². The summed E-state index contributed by atoms with van der Waals surface area (Å²) in [7, 11) is 3.07. The molecule has 2 amide bonds. The minimum atomic E-state index is -0.284. The number of rotatable bonds is 6. The lowest BCUT2D eigenvalue weighted by Gasteiger charge is -2.34. The molecule has 0 N–H and O–H groups in total. The normalized spacial score (nSPS) is 15.2. The summed E-state index contributed by atoms with van der Waals surface area (Å²) in [4.78, 5) is 32.5. The van der Waals surface area contributed by atoms with Gasteiger partial charge in [-0.25, -0.2) is 9.86 Å². The van der Waals surface area contributed by atoms with E-state index in [2.05, 4.69) is 4.90 Å². The molecule has 1 aromatic rings. The molecule has 7 nitrogen and oxygen atoms in total. The first-order chi connectivity index (χ1) is 11.6. The molecule has 1 aromatic carbocycles. The number of piperazine rings is 1. The smallest absolute Gasteiger partial charge is 0.410 e. The van der Waals surface area contributed by atoms with Gasteiger partial charge >= 0.3 is 6.09 Å². The number of ether oxygens (including phenoxy) is 1. The van der Waals surface area contributed by atoms with Gasteiger partial charge in [0, 0.05) is 46.2 Å². The van der Waals surface area contributed by atoms with Crippen molar-refractivity contribution in [3.63, 3.8) is 0 Å². The van der Waals surface area contributed by atoms with E-state index in [4.69, 9.17) is 9.57 Å². The maximum absolute atomic E-state index is 12.1. The molecule has 132 valence electrons. The van der Waals surface area contributed by atoms with Crippen molar-refractivity contribution < 1.29 is 19.2 Å². The third kappa shape index (κ3) is 5.50. The van der Waals surface area contributed by atoms with Crippen molar-refractivity contribution in [3.8, 4) is 0 Å². The molecule has 0 unspecified atom stereocenters. The standard InChI is InChI=1S/C17H25N3O4/c1-18(23-2)16(21)8-9-19-10-12-20(13-11-19)17(22)24-14-15-6-4-3-5-7-15/h3-7H,8-14H2,1-2H3. The van der Waals surface area contributed by atoms with E-state index in [0.29, 0.717) is 26.1 Å². The quantitative estimate of drug-likeness (QED) is 0.735. The zero-order valence-electron chi connectivity index (χ0n) is 14.3. The molecule has 1 fully saturated rings. The number of nitrogens with zero attached hydrogens (tertiary/aromatic N) is 3. The molecule has 0 saturated carbocycles. The topological polar surface area (TPSA) is 62.3 Å². The Kier molecular flexibility index (Phi) is 7.02. The lowest BCUT2D eigenvalue weighted by molar-refractivity contribution is -0.169. The Morgan fingerprint density at radius 1 is 1.12 bits per heavy atom. The van der Waals surface area contributed by atoms with Gasteiger partial charge in [0.15, 0.2) is 0 Å². The average molecular weight is 335 g/mol. The summed E-state index contributed by atoms with van der Waals surface area (Å²) >= 11 is 0. The minimum Gasteiger partial charge on any atom is -0.445 e. The second-order valence-electron chi connectivity index (χ2n) is 5.69. The van der Waals surface area contributed by atoms with Crippen LogP contribution in [0.4, 0.5) is 4.79 Å². The van der Waals surface area contributed by atoms with Crippen LogP contribution in [-0.2, 0) is 21.0 Å². The van der Waals surface area contributed by atoms with Gasteiger partial charge in [-0.05, 0) is 5.56 Å². The Bertz CT molecular complexity index is 530. The monoisotopic (exact) mass is 335 g/mol. The maximum Gasteiger partial charge on any atom is 0.410 e. The van der Waals surface area contributed by atoms with Crippen molar-refractivity contribution in [3.05, 3.63) is 35.9 Å². The van der Waals surface area contributed by atoms with E-state index in [0.717, 1.165) is 18.7 Å². The van der Waals surface area contributed by atoms with Gasteiger partial charge in [-0.3, -0.25) is 14.5 Å². The van der Waals surface area contributed by atoms with E-state index in [1.54, 1.807) is 11.9 Å². The number of carbonyl (C=O) groups excluding carboxylic acids is 2. The van der Waals surface area contributed by atoms with E-state index in [-0.39, 0.29) is 18.6 Å². The van der Waals surface area contributed by atoms with E-state index in [9.17, 15) is 9.59 Å². The van der Waals surface area contributed by atoms with Gasteiger partial charge in [0.2, 0.25) is 5.91 Å². The molecule has 0 bridgehead atoms. The summed E-state index contributed by atoms with van der Waals surface area (Å²) in [6, 6.07) is 9.63. The van der Waals surface area contributed by atoms with Crippen molar-refractivity contribution >= 4 is 12.0 Å². The fourth-order valence-corrected chi connectivity index (χ4v) is 2.48. The highest BCUT2D eigenvalue weighted by Gasteiger charge is 2.22. The highest BCUT2D eigenvalue weighted by atomic mass is 16.7. The maximum atomic E-state index is 12.1. The number of carbonyl (C=O) groups is 2. The number of hydrogen-bond donors (Lipinski definition) is 0. The van der Waals surface area contributed by atoms with E-state index in [1.165, 1.54) is 12.2 Å². The van der Waals surface area contributed by atoms with E-state index >= 15 is 0 Å². The Morgan fingerprint density at radius 3 is 2.42 bits per heavy atom. The first-order valence-corrected chi connectivity index (χ1v) is 8.09. The van der Waals surface area contributed by atoms with Crippen molar-refractivity contribution in [2.45, 2.75) is 13.0 Å². The predicted octanol–water partition coefficient (Wildman–Crippen LogP) is 1.35. The molecule has 24 heavy (non-hydrogen) atoms. The van der Waals surface area contributed by atoms with Gasteiger partial charge in [-0.15, -0.1) is 0 Å². The molecule has 1 saturated heterocycles. The highest BCUT2D eigenvalue weighted by molar-refractivity contribution is 5.74. The number of hydroxylamine groups is 2. The molecule has 7 heteroatoms. The molecule has 0 spiro atoms. The molecule has 2 rings (SSSR count). The first-order valence-electron chi connectivity index (χ1n) is 8.09. The van der Waals surface area contributed by atoms with Crippen molar-refractivity contribution in [2.24, 2.45) is 0 Å². The lowest BCUT2D eigenvalue weighted by Crippen LogP contribution is -2.49. The zero-order chi connectivity index (χ0) is 17.4. The second-order valence-corrected chi connectivity index (χ2v) is 5.69. The van der Waals surface area contributed by atoms with Crippen LogP contribution in [0.3, 0.4) is 0 Å². The highest BCUT2D eigenvalue weighted by Crippen LogP contribution is 2.07. The molecule has 0 atom stereocenters. The van der Waals surface area contributed by atoms with Crippen LogP contribution in [0, 0.1) is 0 Å². The van der Waals surface area contributed by atoms with Crippen LogP contribution in [0.25, 0.3) is 0 Å². The molecular formula is C17H25N3O4. The minimum absolute atomic E-state index is 0.0535. The molecule has 0 aromatic heterocycles. The second kappa shape index (κ2) is 9.24. The zero-order valence-corrected chi connectivity index (χ0v) is 14.3. The number of amides is 2. The largest absolute Gasteiger partial charge is 0.445 e. The van der Waals surface area contributed by atoms with Gasteiger partial charge in [-0.1, -0.05) is 30.3 Å². The fraction of sp³-hybridized carbons (Fsp3) is 0.529. The van der Waals surface area contributed by atoms with Crippen LogP contribution in [0.5, 0.6) is 0 Å². The van der Waals surface area contributed by atoms with Crippen molar-refractivity contribution in [1.82, 2.24) is 14.9 Å². The van der Waals surface area contributed by atoms with Gasteiger partial charge in [0.05, 0.1) is 7.11 Å². The summed E-state index contributed by atoms with van der Waals surface area (Å²) in [5.74, 6) is -0.0535. The Morgan fingerprint density at radius 2 is 1.79 bits per heavy atom. The van der Waals surface area contributed by atoms with Gasteiger partial charge < -0.3 is 9.64 Å². The Hall–Kier alpha value is -2.12. The van der Waals surface area contributed by atoms with E-state index < -0.39 is 0 Å². The molecule has 1 aliphatic heterocycles. The third-order valence-electron chi connectivity index (χ3n) is 4.10. The first kappa shape index (κ1) is 18.2. The average Bonchev–Trinajstić information content (AvgIpc) is 2.64. The van der Waals surface area contributed by atoms with Gasteiger partial charge in [0.25, 0.3) is 0 Å². The number of benzene rings is 1. The van der Waals surface area contributed by atoms with Gasteiger partial charge in [-0.2, -0.15) is 0 Å². The lowest BCUT2D eigenvalue weighted by atomic mass is 10.2. The molecule has 0 aliphatic carbocycles. The molecule has 0 radical (unpaired) electrons.